The van der Waals surface area contributed by atoms with Crippen molar-refractivity contribution in [3.8, 4) is 0 Å². The Bertz CT molecular complexity index is 539. The minimum absolute atomic E-state index is 0. The van der Waals surface area contributed by atoms with Gasteiger partial charge in [0.2, 0.25) is 0 Å². The molecule has 1 unspecified atom stereocenters. The fraction of sp³-hybridized carbons (Fsp3) is 0.500. The summed E-state index contributed by atoms with van der Waals surface area (Å²) < 4.78 is 12.9. The summed E-state index contributed by atoms with van der Waals surface area (Å²) in [5.74, 6) is -1.32. The predicted octanol–water partition coefficient (Wildman–Crippen LogP) is 2.26. The first kappa shape index (κ1) is 19.4. The maximum atomic E-state index is 12.9. The Balaban J connectivity index is 0.00000264. The molecule has 5 nitrogen and oxygen atoms in total. The third-order valence-electron chi connectivity index (χ3n) is 4.02. The van der Waals surface area contributed by atoms with Crippen LogP contribution in [0.2, 0.25) is 0 Å². The second kappa shape index (κ2) is 8.84. The van der Waals surface area contributed by atoms with E-state index in [1.54, 1.807) is 4.90 Å². The van der Waals surface area contributed by atoms with Crippen LogP contribution in [0.4, 0.5) is 4.39 Å². The van der Waals surface area contributed by atoms with Gasteiger partial charge >= 0.3 is 5.97 Å². The number of amides is 1. The highest BCUT2D eigenvalue weighted by molar-refractivity contribution is 5.94. The minimum atomic E-state index is -0.819. The molecule has 1 saturated heterocycles. The standard InChI is InChI=1S/C16H21FN2O3.ClH/c1-2-14(16(21)22)18-8-3-9-19(11-10-18)15(20)12-4-6-13(17)7-5-12;/h4-7,14H,2-3,8-11H2,1H3,(H,21,22);1H. The van der Waals surface area contributed by atoms with Gasteiger partial charge in [0.05, 0.1) is 0 Å². The first-order valence-electron chi connectivity index (χ1n) is 7.54. The zero-order valence-corrected chi connectivity index (χ0v) is 13.9. The molecule has 0 aromatic heterocycles. The number of carbonyl (C=O) groups is 2. The van der Waals surface area contributed by atoms with Crippen LogP contribution in [0, 0.1) is 5.82 Å². The van der Waals surface area contributed by atoms with E-state index in [2.05, 4.69) is 0 Å². The van der Waals surface area contributed by atoms with E-state index in [1.165, 1.54) is 24.3 Å². The van der Waals surface area contributed by atoms with Gasteiger partial charge in [-0.25, -0.2) is 4.39 Å². The van der Waals surface area contributed by atoms with Crippen LogP contribution in [-0.2, 0) is 4.79 Å². The number of carbonyl (C=O) groups excluding carboxylic acids is 1. The van der Waals surface area contributed by atoms with Crippen molar-refractivity contribution < 1.29 is 19.1 Å². The fourth-order valence-electron chi connectivity index (χ4n) is 2.82. The van der Waals surface area contributed by atoms with Crippen LogP contribution in [0.3, 0.4) is 0 Å². The van der Waals surface area contributed by atoms with Crippen molar-refractivity contribution in [2.45, 2.75) is 25.8 Å². The van der Waals surface area contributed by atoms with Crippen LogP contribution in [-0.4, -0.2) is 59.0 Å². The predicted molar refractivity (Wildman–Crippen MR) is 87.5 cm³/mol. The Morgan fingerprint density at radius 2 is 1.83 bits per heavy atom. The lowest BCUT2D eigenvalue weighted by Gasteiger charge is -2.26. The molecule has 0 bridgehead atoms. The second-order valence-corrected chi connectivity index (χ2v) is 5.45. The second-order valence-electron chi connectivity index (χ2n) is 5.45. The summed E-state index contributed by atoms with van der Waals surface area (Å²) in [5, 5.41) is 9.24. The minimum Gasteiger partial charge on any atom is -0.480 e. The van der Waals surface area contributed by atoms with Crippen LogP contribution >= 0.6 is 12.4 Å². The van der Waals surface area contributed by atoms with Gasteiger partial charge in [0.25, 0.3) is 5.91 Å². The molecule has 1 atom stereocenters. The molecule has 0 aliphatic carbocycles. The van der Waals surface area contributed by atoms with Gasteiger partial charge in [-0.15, -0.1) is 12.4 Å². The average Bonchev–Trinajstić information content (AvgIpc) is 2.74. The molecule has 1 aliphatic heterocycles. The molecule has 7 heteroatoms. The van der Waals surface area contributed by atoms with E-state index in [1.807, 2.05) is 11.8 Å². The summed E-state index contributed by atoms with van der Waals surface area (Å²) in [6, 6.07) is 5.00. The number of hydrogen-bond acceptors (Lipinski definition) is 3. The van der Waals surface area contributed by atoms with Gasteiger partial charge in [0.1, 0.15) is 11.9 Å². The van der Waals surface area contributed by atoms with Crippen molar-refractivity contribution in [1.82, 2.24) is 9.80 Å². The number of halogens is 2. The number of aliphatic carboxylic acids is 1. The number of rotatable bonds is 4. The monoisotopic (exact) mass is 344 g/mol. The number of carboxylic acid groups (broad SMARTS) is 1. The Kier molecular flexibility index (Phi) is 7.45. The third-order valence-corrected chi connectivity index (χ3v) is 4.02. The van der Waals surface area contributed by atoms with Gasteiger partial charge in [0, 0.05) is 31.7 Å². The molecule has 23 heavy (non-hydrogen) atoms. The largest absolute Gasteiger partial charge is 0.480 e. The lowest BCUT2D eigenvalue weighted by Crippen LogP contribution is -2.43. The van der Waals surface area contributed by atoms with Crippen molar-refractivity contribution in [1.29, 1.82) is 0 Å². The molecular weight excluding hydrogens is 323 g/mol. The van der Waals surface area contributed by atoms with Gasteiger partial charge < -0.3 is 10.0 Å². The topological polar surface area (TPSA) is 60.9 Å². The van der Waals surface area contributed by atoms with Crippen molar-refractivity contribution >= 4 is 24.3 Å². The molecule has 0 saturated carbocycles. The number of hydrogen-bond donors (Lipinski definition) is 1. The van der Waals surface area contributed by atoms with E-state index in [4.69, 9.17) is 0 Å². The van der Waals surface area contributed by atoms with Crippen LogP contribution in [0.25, 0.3) is 0 Å². The first-order chi connectivity index (χ1) is 10.5. The Labute approximate surface area is 141 Å². The molecule has 1 aliphatic rings. The maximum Gasteiger partial charge on any atom is 0.320 e. The molecule has 1 N–H and O–H groups in total. The zero-order chi connectivity index (χ0) is 16.1. The fourth-order valence-corrected chi connectivity index (χ4v) is 2.82. The molecule has 2 rings (SSSR count). The third kappa shape index (κ3) is 4.91. The summed E-state index contributed by atoms with van der Waals surface area (Å²) in [4.78, 5) is 27.3. The van der Waals surface area contributed by atoms with Gasteiger partial charge in [0.15, 0.2) is 0 Å². The normalized spacial score (nSPS) is 17.0. The molecule has 128 valence electrons. The first-order valence-corrected chi connectivity index (χ1v) is 7.54. The van der Waals surface area contributed by atoms with E-state index < -0.39 is 12.0 Å². The highest BCUT2D eigenvalue weighted by Gasteiger charge is 2.27. The molecule has 0 radical (unpaired) electrons. The van der Waals surface area contributed by atoms with Gasteiger partial charge in [-0.2, -0.15) is 0 Å². The van der Waals surface area contributed by atoms with E-state index in [9.17, 15) is 19.1 Å². The smallest absolute Gasteiger partial charge is 0.320 e. The van der Waals surface area contributed by atoms with Crippen LogP contribution in [0.15, 0.2) is 24.3 Å². The van der Waals surface area contributed by atoms with Crippen molar-refractivity contribution in [2.24, 2.45) is 0 Å². The quantitative estimate of drug-likeness (QED) is 0.910. The van der Waals surface area contributed by atoms with Crippen molar-refractivity contribution in [2.75, 3.05) is 26.2 Å². The summed E-state index contributed by atoms with van der Waals surface area (Å²) >= 11 is 0. The van der Waals surface area contributed by atoms with E-state index >= 15 is 0 Å². The molecule has 1 fully saturated rings. The van der Waals surface area contributed by atoms with Crippen LogP contribution < -0.4 is 0 Å². The average molecular weight is 345 g/mol. The summed E-state index contributed by atoms with van der Waals surface area (Å²) in [6.45, 7) is 4.13. The summed E-state index contributed by atoms with van der Waals surface area (Å²) in [6.07, 6.45) is 1.28. The maximum absolute atomic E-state index is 12.9. The van der Waals surface area contributed by atoms with E-state index in [0.717, 1.165) is 6.42 Å². The van der Waals surface area contributed by atoms with E-state index in [0.29, 0.717) is 38.2 Å². The van der Waals surface area contributed by atoms with E-state index in [-0.39, 0.29) is 24.1 Å². The molecular formula is C16H22ClFN2O3. The molecule has 1 amide bonds. The Hall–Kier alpha value is -1.66. The zero-order valence-electron chi connectivity index (χ0n) is 13.1. The lowest BCUT2D eigenvalue weighted by atomic mass is 10.2. The van der Waals surface area contributed by atoms with Gasteiger partial charge in [-0.05, 0) is 37.1 Å². The highest BCUT2D eigenvalue weighted by Crippen LogP contribution is 2.13. The summed E-state index contributed by atoms with van der Waals surface area (Å²) in [5.41, 5.74) is 0.458. The Morgan fingerprint density at radius 3 is 2.39 bits per heavy atom. The molecule has 1 heterocycles. The number of benzene rings is 1. The molecule has 1 aromatic rings. The Morgan fingerprint density at radius 1 is 1.17 bits per heavy atom. The number of carboxylic acids is 1. The van der Waals surface area contributed by atoms with Crippen molar-refractivity contribution in [3.05, 3.63) is 35.6 Å². The highest BCUT2D eigenvalue weighted by atomic mass is 35.5. The molecule has 1 aromatic carbocycles. The molecule has 0 spiro atoms. The summed E-state index contributed by atoms with van der Waals surface area (Å²) in [7, 11) is 0. The van der Waals surface area contributed by atoms with Gasteiger partial charge in [-0.3, -0.25) is 14.5 Å². The van der Waals surface area contributed by atoms with Gasteiger partial charge in [-0.1, -0.05) is 6.92 Å². The SMILES string of the molecule is CCC(C(=O)O)N1CCCN(C(=O)c2ccc(F)cc2)CC1.Cl. The van der Waals surface area contributed by atoms with Crippen LogP contribution in [0.1, 0.15) is 30.1 Å². The number of nitrogens with zero attached hydrogens (tertiary/aromatic N) is 2. The van der Waals surface area contributed by atoms with Crippen molar-refractivity contribution in [3.63, 3.8) is 0 Å². The lowest BCUT2D eigenvalue weighted by molar-refractivity contribution is -0.143. The van der Waals surface area contributed by atoms with Crippen LogP contribution in [0.5, 0.6) is 0 Å².